The number of hydrogen-bond acceptors (Lipinski definition) is 4. The number of thioether (sulfide) groups is 1. The van der Waals surface area contributed by atoms with Gasteiger partial charge in [-0.15, -0.1) is 11.8 Å². The highest BCUT2D eigenvalue weighted by molar-refractivity contribution is 8.00. The Hall–Kier alpha value is -2.31. The molecule has 0 bridgehead atoms. The number of halogens is 1. The van der Waals surface area contributed by atoms with Gasteiger partial charge in [-0.05, 0) is 23.8 Å². The third-order valence-electron chi connectivity index (χ3n) is 3.29. The second kappa shape index (κ2) is 7.99. The van der Waals surface area contributed by atoms with Gasteiger partial charge in [0, 0.05) is 10.6 Å². The van der Waals surface area contributed by atoms with Crippen LogP contribution in [0.4, 0.5) is 5.69 Å². The summed E-state index contributed by atoms with van der Waals surface area (Å²) in [5.41, 5.74) is 1.75. The molecule has 0 spiro atoms. The fourth-order valence-corrected chi connectivity index (χ4v) is 3.20. The number of aromatic nitrogens is 3. The lowest BCUT2D eigenvalue weighted by atomic mass is 10.2. The van der Waals surface area contributed by atoms with Crippen molar-refractivity contribution in [1.82, 2.24) is 14.8 Å². The number of hydrogen-bond donors (Lipinski definition) is 1. The van der Waals surface area contributed by atoms with E-state index in [1.807, 2.05) is 48.5 Å². The molecule has 3 aromatic rings. The van der Waals surface area contributed by atoms with Crippen LogP contribution in [0.3, 0.4) is 0 Å². The van der Waals surface area contributed by atoms with Crippen molar-refractivity contribution >= 4 is 35.0 Å². The van der Waals surface area contributed by atoms with Crippen LogP contribution in [0.5, 0.6) is 0 Å². The van der Waals surface area contributed by atoms with E-state index in [2.05, 4.69) is 15.4 Å². The first-order valence-electron chi connectivity index (χ1n) is 7.30. The van der Waals surface area contributed by atoms with Crippen LogP contribution in [0, 0.1) is 0 Å². The minimum Gasteiger partial charge on any atom is -0.325 e. The SMILES string of the molecule is O=C(CSc1ccccc1Cl)Nc1ccccc1Cn1cncn1. The molecule has 1 amide bonds. The number of nitrogens with one attached hydrogen (secondary N) is 1. The highest BCUT2D eigenvalue weighted by Gasteiger charge is 2.09. The molecule has 1 heterocycles. The fraction of sp³-hybridized carbons (Fsp3) is 0.118. The van der Waals surface area contributed by atoms with E-state index >= 15 is 0 Å². The van der Waals surface area contributed by atoms with Crippen molar-refractivity contribution in [2.45, 2.75) is 11.4 Å². The zero-order chi connectivity index (χ0) is 16.8. The maximum absolute atomic E-state index is 12.2. The molecule has 122 valence electrons. The van der Waals surface area contributed by atoms with Crippen LogP contribution in [-0.4, -0.2) is 26.4 Å². The standard InChI is InChI=1S/C17H15ClN4OS/c18-14-6-2-4-8-16(14)24-10-17(23)21-15-7-3-1-5-13(15)9-22-12-19-11-20-22/h1-8,11-12H,9-10H2,(H,21,23). The lowest BCUT2D eigenvalue weighted by molar-refractivity contribution is -0.113. The molecule has 0 unspecified atom stereocenters. The van der Waals surface area contributed by atoms with E-state index in [1.165, 1.54) is 18.1 Å². The zero-order valence-electron chi connectivity index (χ0n) is 12.7. The van der Waals surface area contributed by atoms with Crippen LogP contribution >= 0.6 is 23.4 Å². The second-order valence-electron chi connectivity index (χ2n) is 5.02. The maximum atomic E-state index is 12.2. The van der Waals surface area contributed by atoms with Crippen LogP contribution in [0.2, 0.25) is 5.02 Å². The predicted octanol–water partition coefficient (Wildman–Crippen LogP) is 3.71. The smallest absolute Gasteiger partial charge is 0.234 e. The zero-order valence-corrected chi connectivity index (χ0v) is 14.3. The monoisotopic (exact) mass is 358 g/mol. The van der Waals surface area contributed by atoms with Gasteiger partial charge in [0.1, 0.15) is 12.7 Å². The molecule has 0 saturated carbocycles. The molecule has 0 aliphatic rings. The van der Waals surface area contributed by atoms with Crippen molar-refractivity contribution in [3.8, 4) is 0 Å². The van der Waals surface area contributed by atoms with Crippen molar-refractivity contribution in [3.63, 3.8) is 0 Å². The molecule has 5 nitrogen and oxygen atoms in total. The average Bonchev–Trinajstić information content (AvgIpc) is 3.09. The van der Waals surface area contributed by atoms with Gasteiger partial charge in [0.15, 0.2) is 0 Å². The Kier molecular flexibility index (Phi) is 5.51. The van der Waals surface area contributed by atoms with Gasteiger partial charge < -0.3 is 5.32 Å². The van der Waals surface area contributed by atoms with Crippen LogP contribution in [-0.2, 0) is 11.3 Å². The summed E-state index contributed by atoms with van der Waals surface area (Å²) >= 11 is 7.52. The molecule has 2 aromatic carbocycles. The first kappa shape index (κ1) is 16.5. The molecule has 0 aliphatic carbocycles. The third-order valence-corrected chi connectivity index (χ3v) is 4.80. The molecule has 1 aromatic heterocycles. The van der Waals surface area contributed by atoms with E-state index in [0.717, 1.165) is 16.1 Å². The van der Waals surface area contributed by atoms with Gasteiger partial charge in [-0.3, -0.25) is 4.79 Å². The Balaban J connectivity index is 1.63. The van der Waals surface area contributed by atoms with Gasteiger partial charge in [-0.2, -0.15) is 5.10 Å². The summed E-state index contributed by atoms with van der Waals surface area (Å²) in [5, 5.41) is 7.69. The molecule has 7 heteroatoms. The minimum atomic E-state index is -0.0778. The van der Waals surface area contributed by atoms with Crippen molar-refractivity contribution in [1.29, 1.82) is 0 Å². The third kappa shape index (κ3) is 4.37. The van der Waals surface area contributed by atoms with Gasteiger partial charge in [0.25, 0.3) is 0 Å². The Morgan fingerprint density at radius 2 is 1.96 bits per heavy atom. The Morgan fingerprint density at radius 1 is 1.17 bits per heavy atom. The second-order valence-corrected chi connectivity index (χ2v) is 6.44. The van der Waals surface area contributed by atoms with Gasteiger partial charge in [0.2, 0.25) is 5.91 Å². The summed E-state index contributed by atoms with van der Waals surface area (Å²) in [7, 11) is 0. The molecule has 0 aliphatic heterocycles. The molecule has 0 fully saturated rings. The van der Waals surface area contributed by atoms with E-state index in [0.29, 0.717) is 17.3 Å². The van der Waals surface area contributed by atoms with Gasteiger partial charge >= 0.3 is 0 Å². The number of carbonyl (C=O) groups excluding carboxylic acids is 1. The normalized spacial score (nSPS) is 10.5. The topological polar surface area (TPSA) is 59.8 Å². The van der Waals surface area contributed by atoms with E-state index < -0.39 is 0 Å². The molecule has 1 N–H and O–H groups in total. The molecule has 3 rings (SSSR count). The summed E-state index contributed by atoms with van der Waals surface area (Å²) in [5.74, 6) is 0.215. The number of rotatable bonds is 6. The van der Waals surface area contributed by atoms with Crippen LogP contribution in [0.15, 0.2) is 66.1 Å². The Bertz CT molecular complexity index is 823. The summed E-state index contributed by atoms with van der Waals surface area (Å²) in [4.78, 5) is 17.1. The molecule has 0 atom stereocenters. The van der Waals surface area contributed by atoms with Gasteiger partial charge in [-0.25, -0.2) is 9.67 Å². The molecule has 0 radical (unpaired) electrons. The van der Waals surface area contributed by atoms with E-state index in [-0.39, 0.29) is 5.91 Å². The molecular formula is C17H15ClN4OS. The average molecular weight is 359 g/mol. The van der Waals surface area contributed by atoms with Crippen molar-refractivity contribution in [2.75, 3.05) is 11.1 Å². The molecule has 0 saturated heterocycles. The first-order chi connectivity index (χ1) is 11.7. The molecular weight excluding hydrogens is 344 g/mol. The maximum Gasteiger partial charge on any atom is 0.234 e. The van der Waals surface area contributed by atoms with Gasteiger partial charge in [-0.1, -0.05) is 41.9 Å². The number of carbonyl (C=O) groups is 1. The van der Waals surface area contributed by atoms with E-state index in [1.54, 1.807) is 11.0 Å². The largest absolute Gasteiger partial charge is 0.325 e. The lowest BCUT2D eigenvalue weighted by Gasteiger charge is -2.11. The Labute approximate surface area is 149 Å². The minimum absolute atomic E-state index is 0.0778. The molecule has 24 heavy (non-hydrogen) atoms. The predicted molar refractivity (Wildman–Crippen MR) is 96.4 cm³/mol. The number of benzene rings is 2. The number of para-hydroxylation sites is 1. The summed E-state index contributed by atoms with van der Waals surface area (Å²) in [6.45, 7) is 0.550. The summed E-state index contributed by atoms with van der Waals surface area (Å²) in [6, 6.07) is 15.1. The number of anilines is 1. The van der Waals surface area contributed by atoms with Crippen molar-refractivity contribution in [2.24, 2.45) is 0 Å². The summed E-state index contributed by atoms with van der Waals surface area (Å²) in [6.07, 6.45) is 3.13. The van der Waals surface area contributed by atoms with Crippen molar-refractivity contribution < 1.29 is 4.79 Å². The highest BCUT2D eigenvalue weighted by atomic mass is 35.5. The van der Waals surface area contributed by atoms with Crippen LogP contribution in [0.25, 0.3) is 0 Å². The van der Waals surface area contributed by atoms with E-state index in [9.17, 15) is 4.79 Å². The van der Waals surface area contributed by atoms with Crippen molar-refractivity contribution in [3.05, 3.63) is 71.8 Å². The summed E-state index contributed by atoms with van der Waals surface area (Å²) < 4.78 is 1.71. The lowest BCUT2D eigenvalue weighted by Crippen LogP contribution is -2.16. The quantitative estimate of drug-likeness (QED) is 0.682. The Morgan fingerprint density at radius 3 is 2.75 bits per heavy atom. The number of nitrogens with zero attached hydrogens (tertiary/aromatic N) is 3. The van der Waals surface area contributed by atoms with Gasteiger partial charge in [0.05, 0.1) is 17.3 Å². The highest BCUT2D eigenvalue weighted by Crippen LogP contribution is 2.26. The van der Waals surface area contributed by atoms with Crippen LogP contribution in [0.1, 0.15) is 5.56 Å². The fourth-order valence-electron chi connectivity index (χ4n) is 2.16. The number of amides is 1. The van der Waals surface area contributed by atoms with E-state index in [4.69, 9.17) is 11.6 Å². The van der Waals surface area contributed by atoms with Crippen LogP contribution < -0.4 is 5.32 Å². The first-order valence-corrected chi connectivity index (χ1v) is 8.66.